The zero-order valence-corrected chi connectivity index (χ0v) is 16.1. The van der Waals surface area contributed by atoms with Gasteiger partial charge in [0.2, 0.25) is 0 Å². The molecule has 1 aliphatic heterocycles. The summed E-state index contributed by atoms with van der Waals surface area (Å²) in [7, 11) is 0. The quantitative estimate of drug-likeness (QED) is 0.516. The molecule has 1 atom stereocenters. The molecule has 1 amide bonds. The average molecular weight is 406 g/mol. The predicted octanol–water partition coefficient (Wildman–Crippen LogP) is 4.26. The van der Waals surface area contributed by atoms with Gasteiger partial charge >= 0.3 is 5.97 Å². The first-order valence-corrected chi connectivity index (χ1v) is 9.66. The molecular weight excluding hydrogens is 392 g/mol. The van der Waals surface area contributed by atoms with Gasteiger partial charge in [0.05, 0.1) is 10.4 Å². The summed E-state index contributed by atoms with van der Waals surface area (Å²) < 4.78 is 0.231. The summed E-state index contributed by atoms with van der Waals surface area (Å²) in [5, 5.41) is 10.7. The van der Waals surface area contributed by atoms with Crippen LogP contribution in [0.4, 0.5) is 0 Å². The maximum absolute atomic E-state index is 13.0. The van der Waals surface area contributed by atoms with Crippen molar-refractivity contribution in [1.82, 2.24) is 9.88 Å². The first-order chi connectivity index (χ1) is 13.5. The van der Waals surface area contributed by atoms with Crippen LogP contribution in [-0.2, 0) is 9.59 Å². The smallest absolute Gasteiger partial charge is 0.331 e. The van der Waals surface area contributed by atoms with Crippen molar-refractivity contribution in [1.29, 1.82) is 0 Å². The van der Waals surface area contributed by atoms with E-state index in [1.807, 2.05) is 30.3 Å². The predicted molar refractivity (Wildman–Crippen MR) is 114 cm³/mol. The Morgan fingerprint density at radius 3 is 2.68 bits per heavy atom. The molecular formula is C21H14N2O3S2. The third-order valence-corrected chi connectivity index (χ3v) is 5.69. The highest BCUT2D eigenvalue weighted by atomic mass is 32.2. The van der Waals surface area contributed by atoms with E-state index >= 15 is 0 Å². The SMILES string of the molecule is O=C(O)C(c1ccccc1)N1C(=O)C(=Cc2ccc3ncccc3c2)SC1=S. The van der Waals surface area contributed by atoms with Crippen LogP contribution in [-0.4, -0.2) is 31.2 Å². The Kier molecular flexibility index (Phi) is 4.93. The van der Waals surface area contributed by atoms with Crippen LogP contribution >= 0.6 is 24.0 Å². The van der Waals surface area contributed by atoms with E-state index in [9.17, 15) is 14.7 Å². The van der Waals surface area contributed by atoms with E-state index in [-0.39, 0.29) is 4.32 Å². The van der Waals surface area contributed by atoms with Crippen LogP contribution in [0.15, 0.2) is 71.8 Å². The highest BCUT2D eigenvalue weighted by Gasteiger charge is 2.41. The molecule has 4 rings (SSSR count). The van der Waals surface area contributed by atoms with Crippen molar-refractivity contribution in [3.8, 4) is 0 Å². The normalized spacial score (nSPS) is 16.7. The Morgan fingerprint density at radius 2 is 1.93 bits per heavy atom. The molecule has 5 nitrogen and oxygen atoms in total. The maximum Gasteiger partial charge on any atom is 0.331 e. The van der Waals surface area contributed by atoms with E-state index in [0.717, 1.165) is 28.2 Å². The van der Waals surface area contributed by atoms with Crippen LogP contribution in [0.3, 0.4) is 0 Å². The van der Waals surface area contributed by atoms with Gasteiger partial charge in [0.1, 0.15) is 4.32 Å². The van der Waals surface area contributed by atoms with Gasteiger partial charge in [-0.3, -0.25) is 14.7 Å². The Balaban J connectivity index is 1.69. The second-order valence-corrected chi connectivity index (χ2v) is 7.83. The number of carboxylic acids is 1. The number of aromatic nitrogens is 1. The number of rotatable bonds is 4. The summed E-state index contributed by atoms with van der Waals surface area (Å²) >= 11 is 6.45. The average Bonchev–Trinajstić information content (AvgIpc) is 2.96. The zero-order valence-electron chi connectivity index (χ0n) is 14.5. The van der Waals surface area contributed by atoms with Gasteiger partial charge in [-0.15, -0.1) is 0 Å². The number of pyridine rings is 1. The lowest BCUT2D eigenvalue weighted by Crippen LogP contribution is -2.37. The van der Waals surface area contributed by atoms with Gasteiger partial charge in [-0.2, -0.15) is 0 Å². The molecule has 3 aromatic rings. The van der Waals surface area contributed by atoms with Gasteiger partial charge < -0.3 is 5.11 Å². The molecule has 138 valence electrons. The molecule has 7 heteroatoms. The summed E-state index contributed by atoms with van der Waals surface area (Å²) in [6.45, 7) is 0. The standard InChI is InChI=1S/C21H14N2O3S2/c24-19-17(12-13-8-9-16-15(11-13)7-4-10-22-16)28-21(27)23(19)18(20(25)26)14-5-2-1-3-6-14/h1-12,18H,(H,25,26). The minimum absolute atomic E-state index is 0.231. The number of hydrogen-bond donors (Lipinski definition) is 1. The van der Waals surface area contributed by atoms with Crippen molar-refractivity contribution in [2.75, 3.05) is 0 Å². The van der Waals surface area contributed by atoms with Crippen molar-refractivity contribution in [2.24, 2.45) is 0 Å². The Morgan fingerprint density at radius 1 is 1.14 bits per heavy atom. The first-order valence-electron chi connectivity index (χ1n) is 8.44. The largest absolute Gasteiger partial charge is 0.479 e. The fourth-order valence-corrected chi connectivity index (χ4v) is 4.39. The number of benzene rings is 2. The van der Waals surface area contributed by atoms with Crippen molar-refractivity contribution in [3.63, 3.8) is 0 Å². The molecule has 2 aromatic carbocycles. The number of carbonyl (C=O) groups excluding carboxylic acids is 1. The second kappa shape index (κ2) is 7.53. The second-order valence-electron chi connectivity index (χ2n) is 6.16. The number of carboxylic acid groups (broad SMARTS) is 1. The number of thioether (sulfide) groups is 1. The maximum atomic E-state index is 13.0. The molecule has 1 unspecified atom stereocenters. The van der Waals surface area contributed by atoms with Crippen LogP contribution in [0, 0.1) is 0 Å². The third-order valence-electron chi connectivity index (χ3n) is 4.36. The fourth-order valence-electron chi connectivity index (χ4n) is 3.08. The summed E-state index contributed by atoms with van der Waals surface area (Å²) in [5.74, 6) is -1.53. The van der Waals surface area contributed by atoms with Gasteiger partial charge in [0.15, 0.2) is 6.04 Å². The summed E-state index contributed by atoms with van der Waals surface area (Å²) in [6, 6.07) is 16.9. The summed E-state index contributed by atoms with van der Waals surface area (Å²) in [5.41, 5.74) is 2.19. The van der Waals surface area contributed by atoms with Gasteiger partial charge in [0.25, 0.3) is 5.91 Å². The Labute approximate surface area is 170 Å². The van der Waals surface area contributed by atoms with E-state index in [2.05, 4.69) is 4.98 Å². The lowest BCUT2D eigenvalue weighted by atomic mass is 10.1. The minimum Gasteiger partial charge on any atom is -0.479 e. The topological polar surface area (TPSA) is 70.5 Å². The number of aliphatic carboxylic acids is 1. The Hall–Kier alpha value is -3.03. The van der Waals surface area contributed by atoms with Crippen LogP contribution in [0.2, 0.25) is 0 Å². The van der Waals surface area contributed by atoms with E-state index in [1.165, 1.54) is 4.90 Å². The number of carbonyl (C=O) groups is 2. The third kappa shape index (κ3) is 3.42. The van der Waals surface area contributed by atoms with Gasteiger partial charge in [-0.25, -0.2) is 4.79 Å². The van der Waals surface area contributed by atoms with E-state index in [4.69, 9.17) is 12.2 Å². The lowest BCUT2D eigenvalue weighted by molar-refractivity contribution is -0.145. The molecule has 1 aliphatic rings. The number of nitrogens with zero attached hydrogens (tertiary/aromatic N) is 2. The fraction of sp³-hybridized carbons (Fsp3) is 0.0476. The van der Waals surface area contributed by atoms with Gasteiger partial charge in [-0.1, -0.05) is 66.4 Å². The van der Waals surface area contributed by atoms with Crippen LogP contribution in [0.5, 0.6) is 0 Å². The first kappa shape index (κ1) is 18.3. The molecule has 1 N–H and O–H groups in total. The van der Waals surface area contributed by atoms with Crippen LogP contribution in [0.1, 0.15) is 17.2 Å². The van der Waals surface area contributed by atoms with Crippen LogP contribution in [0.25, 0.3) is 17.0 Å². The zero-order chi connectivity index (χ0) is 19.7. The molecule has 0 spiro atoms. The molecule has 1 saturated heterocycles. The number of hydrogen-bond acceptors (Lipinski definition) is 5. The highest BCUT2D eigenvalue weighted by Crippen LogP contribution is 2.38. The minimum atomic E-state index is -1.15. The van der Waals surface area contributed by atoms with E-state index in [1.54, 1.807) is 42.6 Å². The highest BCUT2D eigenvalue weighted by molar-refractivity contribution is 8.26. The molecule has 0 aliphatic carbocycles. The molecule has 0 saturated carbocycles. The van der Waals surface area contributed by atoms with Crippen LogP contribution < -0.4 is 0 Å². The van der Waals surface area contributed by atoms with E-state index in [0.29, 0.717) is 10.5 Å². The van der Waals surface area contributed by atoms with Crippen molar-refractivity contribution in [2.45, 2.75) is 6.04 Å². The van der Waals surface area contributed by atoms with E-state index < -0.39 is 17.9 Å². The molecule has 28 heavy (non-hydrogen) atoms. The van der Waals surface area contributed by atoms with Crippen molar-refractivity contribution in [3.05, 3.63) is 82.9 Å². The molecule has 1 aromatic heterocycles. The molecule has 0 radical (unpaired) electrons. The van der Waals surface area contributed by atoms with Crippen molar-refractivity contribution >= 4 is 57.2 Å². The van der Waals surface area contributed by atoms with Gasteiger partial charge in [-0.05, 0) is 35.4 Å². The number of thiocarbonyl (C=S) groups is 1. The van der Waals surface area contributed by atoms with Gasteiger partial charge in [0, 0.05) is 11.6 Å². The molecule has 1 fully saturated rings. The summed E-state index contributed by atoms with van der Waals surface area (Å²) in [4.78, 5) is 30.7. The Bertz CT molecular complexity index is 1130. The summed E-state index contributed by atoms with van der Waals surface area (Å²) in [6.07, 6.45) is 3.46. The lowest BCUT2D eigenvalue weighted by Gasteiger charge is -2.23. The van der Waals surface area contributed by atoms with Crippen molar-refractivity contribution < 1.29 is 14.7 Å². The molecule has 2 heterocycles. The molecule has 0 bridgehead atoms. The monoisotopic (exact) mass is 406 g/mol. The number of amides is 1. The number of fused-ring (bicyclic) bond motifs is 1.